The van der Waals surface area contributed by atoms with Gasteiger partial charge in [-0.05, 0) is 61.1 Å². The Bertz CT molecular complexity index is 2590. The highest BCUT2D eigenvalue weighted by Gasteiger charge is 2.27. The van der Waals surface area contributed by atoms with Crippen molar-refractivity contribution < 1.29 is 43.2 Å². The third-order valence-corrected chi connectivity index (χ3v) is 11.9. The number of amidine groups is 1. The third-order valence-electron chi connectivity index (χ3n) is 11.9. The van der Waals surface area contributed by atoms with Crippen molar-refractivity contribution in [2.75, 3.05) is 51.1 Å². The van der Waals surface area contributed by atoms with E-state index in [0.29, 0.717) is 73.4 Å². The average Bonchev–Trinajstić information content (AvgIpc) is 3.57. The fourth-order valence-electron chi connectivity index (χ4n) is 8.23. The van der Waals surface area contributed by atoms with Crippen molar-refractivity contribution in [2.45, 2.75) is 84.2 Å². The van der Waals surface area contributed by atoms with Crippen molar-refractivity contribution in [1.29, 1.82) is 0 Å². The number of aromatic nitrogens is 1. The number of unbranched alkanes of at least 4 members (excludes halogenated alkanes) is 2. The van der Waals surface area contributed by atoms with E-state index >= 15 is 0 Å². The lowest BCUT2D eigenvalue weighted by Crippen LogP contribution is -2.52. The molecule has 0 saturated heterocycles. The molecular formula is C51H61N11O9. The van der Waals surface area contributed by atoms with Crippen molar-refractivity contribution in [3.8, 4) is 0 Å². The summed E-state index contributed by atoms with van der Waals surface area (Å²) < 4.78 is 0. The maximum Gasteiger partial charge on any atom is 0.255 e. The average molecular weight is 972 g/mol. The van der Waals surface area contributed by atoms with Crippen molar-refractivity contribution in [2.24, 2.45) is 10.7 Å². The van der Waals surface area contributed by atoms with Crippen LogP contribution in [0.5, 0.6) is 0 Å². The number of hydrogen-bond donors (Lipinski definition) is 6. The number of benzene rings is 2. The molecule has 0 spiro atoms. The second kappa shape index (κ2) is 25.5. The molecule has 7 N–H and O–H groups in total. The van der Waals surface area contributed by atoms with E-state index in [-0.39, 0.29) is 80.8 Å². The van der Waals surface area contributed by atoms with E-state index < -0.39 is 36.2 Å². The highest BCUT2D eigenvalue weighted by molar-refractivity contribution is 6.13. The topological polar surface area (TPSA) is 275 Å². The second-order valence-corrected chi connectivity index (χ2v) is 17.4. The van der Waals surface area contributed by atoms with Gasteiger partial charge in [-0.1, -0.05) is 56.7 Å². The Morgan fingerprint density at radius 2 is 1.54 bits per heavy atom. The van der Waals surface area contributed by atoms with E-state index in [1.807, 2.05) is 18.7 Å². The van der Waals surface area contributed by atoms with Crippen LogP contribution in [0.2, 0.25) is 0 Å². The summed E-state index contributed by atoms with van der Waals surface area (Å²) in [6.45, 7) is 4.89. The molecule has 9 amide bonds. The summed E-state index contributed by atoms with van der Waals surface area (Å²) in [5, 5.41) is 13.1. The highest BCUT2D eigenvalue weighted by atomic mass is 16.2. The lowest BCUT2D eigenvalue weighted by molar-refractivity contribution is -0.137. The number of nitrogens with one attached hydrogen (secondary N) is 5. The molecule has 6 rings (SSSR count). The van der Waals surface area contributed by atoms with Crippen LogP contribution in [0, 0.1) is 0 Å². The fraction of sp³-hybridized carbons (Fsp3) is 0.392. The molecule has 2 aromatic carbocycles. The molecule has 0 aliphatic carbocycles. The van der Waals surface area contributed by atoms with Gasteiger partial charge in [0.05, 0.1) is 37.2 Å². The summed E-state index contributed by atoms with van der Waals surface area (Å²) in [7, 11) is 0. The number of carbonyl (C=O) groups excluding carboxylic acids is 9. The third kappa shape index (κ3) is 15.2. The molecule has 4 heterocycles. The van der Waals surface area contributed by atoms with Gasteiger partial charge in [0, 0.05) is 93.0 Å². The molecule has 1 atom stereocenters. The zero-order valence-corrected chi connectivity index (χ0v) is 40.1. The molecule has 20 nitrogen and oxygen atoms in total. The smallest absolute Gasteiger partial charge is 0.255 e. The number of rotatable bonds is 23. The van der Waals surface area contributed by atoms with Crippen LogP contribution in [0.25, 0.3) is 6.08 Å². The van der Waals surface area contributed by atoms with Gasteiger partial charge in [-0.15, -0.1) is 0 Å². The summed E-state index contributed by atoms with van der Waals surface area (Å²) in [4.78, 5) is 129. The van der Waals surface area contributed by atoms with Gasteiger partial charge >= 0.3 is 0 Å². The number of pyridine rings is 1. The number of anilines is 1. The second-order valence-electron chi connectivity index (χ2n) is 17.4. The van der Waals surface area contributed by atoms with E-state index in [0.717, 1.165) is 34.6 Å². The Morgan fingerprint density at radius 3 is 2.27 bits per heavy atom. The normalized spacial score (nSPS) is 14.2. The SMILES string of the molecule is CCCN(CCC)C(=O)C1=Cc2ccc(C(=O)Nc3cnc4c(c3)CN(C(=O)CNC(=O)CNC(=O)[C@H](Cc3ccccc3)NC(=O)CNC(=O)CCCCCN3C(=O)C=CC3=O)CC4)cc2N=C(N)C1. The zero-order chi connectivity index (χ0) is 50.9. The Hall–Kier alpha value is -8.03. The minimum Gasteiger partial charge on any atom is -0.387 e. The number of amides is 9. The van der Waals surface area contributed by atoms with Crippen molar-refractivity contribution in [3.05, 3.63) is 106 Å². The van der Waals surface area contributed by atoms with E-state index in [4.69, 9.17) is 5.73 Å². The molecule has 1 aromatic heterocycles. The van der Waals surface area contributed by atoms with Gasteiger partial charge in [0.15, 0.2) is 0 Å². The standard InChI is InChI=1S/C51H61N11O9/c1-3-19-60(20-4-2)51(71)36-24-34-14-15-35(26-40(34)58-42(52)27-36)49(69)57-38-25-37-32-61(22-18-39(37)53-28-38)48(68)31-55-44(64)29-56-50(70)41(23-33-11-7-5-8-12-33)59-45(65)30-54-43(63)13-9-6-10-21-62-46(66)16-17-47(62)67/h5,7-8,11-12,14-17,24-26,28,41H,3-4,6,9-10,13,18-23,27,29-32H2,1-2H3,(H2,52,58)(H,54,63)(H,55,64)(H,56,70)(H,57,69)(H,59,65)/t41-/m0/s1. The van der Waals surface area contributed by atoms with Crippen LogP contribution in [0.15, 0.2) is 83.5 Å². The van der Waals surface area contributed by atoms with Crippen LogP contribution in [-0.2, 0) is 57.7 Å². The molecule has 3 aromatic rings. The zero-order valence-electron chi connectivity index (χ0n) is 40.1. The Labute approximate surface area is 411 Å². The Morgan fingerprint density at radius 1 is 0.817 bits per heavy atom. The minimum absolute atomic E-state index is 0.0843. The van der Waals surface area contributed by atoms with Gasteiger partial charge in [-0.3, -0.25) is 53.0 Å². The molecule has 374 valence electrons. The van der Waals surface area contributed by atoms with E-state index in [9.17, 15) is 43.2 Å². The molecule has 3 aliphatic heterocycles. The number of aliphatic imine (C=N–C) groups is 1. The van der Waals surface area contributed by atoms with E-state index in [2.05, 4.69) is 36.6 Å². The van der Waals surface area contributed by atoms with Crippen LogP contribution >= 0.6 is 0 Å². The van der Waals surface area contributed by atoms with Crippen LogP contribution < -0.4 is 32.3 Å². The molecule has 0 fully saturated rings. The van der Waals surface area contributed by atoms with Crippen molar-refractivity contribution >= 4 is 76.5 Å². The van der Waals surface area contributed by atoms with Crippen molar-refractivity contribution in [3.63, 3.8) is 0 Å². The fourth-order valence-corrected chi connectivity index (χ4v) is 8.23. The van der Waals surface area contributed by atoms with Crippen LogP contribution in [-0.4, -0.2) is 131 Å². The largest absolute Gasteiger partial charge is 0.387 e. The number of hydrogen-bond acceptors (Lipinski definition) is 12. The van der Waals surface area contributed by atoms with Crippen LogP contribution in [0.1, 0.15) is 91.5 Å². The van der Waals surface area contributed by atoms with Gasteiger partial charge in [-0.25, -0.2) is 4.99 Å². The molecule has 0 saturated carbocycles. The summed E-state index contributed by atoms with van der Waals surface area (Å²) in [6.07, 6.45) is 9.88. The number of nitrogens with zero attached hydrogens (tertiary/aromatic N) is 5. The molecule has 0 bridgehead atoms. The number of nitrogens with two attached hydrogens (primary N) is 1. The first-order valence-corrected chi connectivity index (χ1v) is 23.9. The van der Waals surface area contributed by atoms with E-state index in [1.165, 1.54) is 12.2 Å². The first kappa shape index (κ1) is 52.3. The lowest BCUT2D eigenvalue weighted by atomic mass is 10.0. The number of imide groups is 1. The molecule has 71 heavy (non-hydrogen) atoms. The van der Waals surface area contributed by atoms with Crippen LogP contribution in [0.4, 0.5) is 11.4 Å². The predicted molar refractivity (Wildman–Crippen MR) is 264 cm³/mol. The maximum atomic E-state index is 13.5. The highest BCUT2D eigenvalue weighted by Crippen LogP contribution is 2.29. The lowest BCUT2D eigenvalue weighted by Gasteiger charge is -2.28. The molecule has 3 aliphatic rings. The molecule has 20 heteroatoms. The molecule has 0 unspecified atom stereocenters. The van der Waals surface area contributed by atoms with Gasteiger partial charge < -0.3 is 42.1 Å². The van der Waals surface area contributed by atoms with Gasteiger partial charge in [0.25, 0.3) is 17.7 Å². The van der Waals surface area contributed by atoms with Crippen LogP contribution in [0.3, 0.4) is 0 Å². The minimum atomic E-state index is -1.09. The van der Waals surface area contributed by atoms with Gasteiger partial charge in [0.2, 0.25) is 35.4 Å². The predicted octanol–water partition coefficient (Wildman–Crippen LogP) is 2.20. The summed E-state index contributed by atoms with van der Waals surface area (Å²) in [5.74, 6) is -3.62. The summed E-state index contributed by atoms with van der Waals surface area (Å²) in [5.41, 5.74) is 10.9. The first-order valence-electron chi connectivity index (χ1n) is 23.9. The molecule has 0 radical (unpaired) electrons. The van der Waals surface area contributed by atoms with E-state index in [1.54, 1.807) is 71.8 Å². The quantitative estimate of drug-likeness (QED) is 0.0592. The number of carbonyl (C=O) groups is 9. The van der Waals surface area contributed by atoms with Gasteiger partial charge in [-0.2, -0.15) is 0 Å². The number of fused-ring (bicyclic) bond motifs is 2. The van der Waals surface area contributed by atoms with Gasteiger partial charge in [0.1, 0.15) is 11.9 Å². The monoisotopic (exact) mass is 971 g/mol. The summed E-state index contributed by atoms with van der Waals surface area (Å²) >= 11 is 0. The maximum absolute atomic E-state index is 13.5. The summed E-state index contributed by atoms with van der Waals surface area (Å²) in [6, 6.07) is 14.6. The Kier molecular flexibility index (Phi) is 18.8. The Balaban J connectivity index is 0.950. The first-order chi connectivity index (χ1) is 34.2. The molecular weight excluding hydrogens is 911 g/mol. The van der Waals surface area contributed by atoms with Crippen molar-refractivity contribution in [1.82, 2.24) is 41.0 Å².